The molecule has 4 amide bonds. The lowest BCUT2D eigenvalue weighted by Crippen LogP contribution is -2.45. The van der Waals surface area contributed by atoms with Crippen LogP contribution in [0.2, 0.25) is 0 Å². The highest BCUT2D eigenvalue weighted by Gasteiger charge is 2.52. The minimum atomic E-state index is -0.942. The lowest BCUT2D eigenvalue weighted by molar-refractivity contribution is -0.147. The van der Waals surface area contributed by atoms with Gasteiger partial charge in [0.2, 0.25) is 5.91 Å². The van der Waals surface area contributed by atoms with Gasteiger partial charge in [0.05, 0.1) is 5.41 Å². The summed E-state index contributed by atoms with van der Waals surface area (Å²) < 4.78 is 0. The highest BCUT2D eigenvalue weighted by molar-refractivity contribution is 6.09. The Morgan fingerprint density at radius 3 is 2.48 bits per heavy atom. The van der Waals surface area contributed by atoms with Crippen LogP contribution in [0.15, 0.2) is 0 Å². The number of amides is 4. The number of carboxylic acids is 1. The van der Waals surface area contributed by atoms with Crippen LogP contribution in [0.3, 0.4) is 0 Å². The third-order valence-corrected chi connectivity index (χ3v) is 4.66. The second-order valence-corrected chi connectivity index (χ2v) is 6.90. The molecule has 23 heavy (non-hydrogen) atoms. The van der Waals surface area contributed by atoms with Crippen LogP contribution in [-0.2, 0) is 14.4 Å². The van der Waals surface area contributed by atoms with Gasteiger partial charge in [0.15, 0.2) is 0 Å². The van der Waals surface area contributed by atoms with Crippen LogP contribution in [-0.4, -0.2) is 52.4 Å². The third-order valence-electron chi connectivity index (χ3n) is 4.66. The predicted octanol–water partition coefficient (Wildman–Crippen LogP) is 0.468. The van der Waals surface area contributed by atoms with Gasteiger partial charge in [-0.25, -0.2) is 4.79 Å². The van der Waals surface area contributed by atoms with Crippen LogP contribution in [0.4, 0.5) is 4.79 Å². The van der Waals surface area contributed by atoms with E-state index in [1.54, 1.807) is 13.8 Å². The Morgan fingerprint density at radius 2 is 1.91 bits per heavy atom. The van der Waals surface area contributed by atoms with Gasteiger partial charge in [-0.05, 0) is 33.1 Å². The van der Waals surface area contributed by atoms with Crippen molar-refractivity contribution in [2.45, 2.75) is 51.5 Å². The molecular weight excluding hydrogens is 302 g/mol. The summed E-state index contributed by atoms with van der Waals surface area (Å²) in [5.74, 6) is -1.74. The molecule has 0 unspecified atom stereocenters. The Morgan fingerprint density at radius 1 is 1.30 bits per heavy atom. The topological polar surface area (TPSA) is 116 Å². The maximum Gasteiger partial charge on any atom is 0.325 e. The van der Waals surface area contributed by atoms with Crippen LogP contribution < -0.4 is 10.6 Å². The van der Waals surface area contributed by atoms with Crippen molar-refractivity contribution in [2.75, 3.05) is 13.1 Å². The van der Waals surface area contributed by atoms with Crippen molar-refractivity contribution in [2.24, 2.45) is 5.41 Å². The smallest absolute Gasteiger partial charge is 0.325 e. The molecule has 0 radical (unpaired) electrons. The summed E-state index contributed by atoms with van der Waals surface area (Å²) in [4.78, 5) is 48.2. The van der Waals surface area contributed by atoms with Gasteiger partial charge in [0.25, 0.3) is 5.91 Å². The predicted molar refractivity (Wildman–Crippen MR) is 80.5 cm³/mol. The third kappa shape index (κ3) is 3.46. The number of nitrogens with zero attached hydrogens (tertiary/aromatic N) is 1. The Balaban J connectivity index is 1.85. The minimum Gasteiger partial charge on any atom is -0.481 e. The fourth-order valence-corrected chi connectivity index (χ4v) is 2.96. The van der Waals surface area contributed by atoms with Gasteiger partial charge in [-0.3, -0.25) is 19.3 Å². The van der Waals surface area contributed by atoms with Gasteiger partial charge in [0.1, 0.15) is 12.1 Å². The summed E-state index contributed by atoms with van der Waals surface area (Å²) in [6, 6.07) is -0.530. The van der Waals surface area contributed by atoms with Gasteiger partial charge in [-0.2, -0.15) is 0 Å². The SMILES string of the molecule is CC(C)(CCNC(=O)CN1C(=O)NC2(CCCC2)C1=O)C(=O)O. The average Bonchev–Trinajstić information content (AvgIpc) is 3.00. The van der Waals surface area contributed by atoms with Gasteiger partial charge in [-0.1, -0.05) is 12.8 Å². The van der Waals surface area contributed by atoms with Gasteiger partial charge in [-0.15, -0.1) is 0 Å². The first-order valence-electron chi connectivity index (χ1n) is 7.82. The largest absolute Gasteiger partial charge is 0.481 e. The first-order valence-corrected chi connectivity index (χ1v) is 7.82. The van der Waals surface area contributed by atoms with E-state index in [1.807, 2.05) is 0 Å². The van der Waals surface area contributed by atoms with Gasteiger partial charge < -0.3 is 15.7 Å². The number of carbonyl (C=O) groups excluding carboxylic acids is 3. The van der Waals surface area contributed by atoms with Crippen LogP contribution in [0.1, 0.15) is 46.0 Å². The van der Waals surface area contributed by atoms with E-state index in [9.17, 15) is 19.2 Å². The molecule has 8 heteroatoms. The van der Waals surface area contributed by atoms with Crippen molar-refractivity contribution in [1.82, 2.24) is 15.5 Å². The molecule has 1 saturated heterocycles. The molecule has 2 rings (SSSR count). The summed E-state index contributed by atoms with van der Waals surface area (Å²) in [6.45, 7) is 2.98. The molecule has 0 aromatic rings. The molecule has 2 fully saturated rings. The molecule has 1 aliphatic heterocycles. The standard InChI is InChI=1S/C15H23N3O5/c1-14(2,12(21)22)7-8-16-10(19)9-18-11(20)15(17-13(18)23)5-3-4-6-15/h3-9H2,1-2H3,(H,16,19)(H,17,23)(H,21,22). The molecule has 1 saturated carbocycles. The number of rotatable bonds is 6. The first kappa shape index (κ1) is 17.2. The second kappa shape index (κ2) is 6.17. The number of imide groups is 1. The fourth-order valence-electron chi connectivity index (χ4n) is 2.96. The summed E-state index contributed by atoms with van der Waals surface area (Å²) in [6.07, 6.45) is 3.26. The second-order valence-electron chi connectivity index (χ2n) is 6.90. The fraction of sp³-hybridized carbons (Fsp3) is 0.733. The monoisotopic (exact) mass is 325 g/mol. The van der Waals surface area contributed by atoms with Crippen molar-refractivity contribution < 1.29 is 24.3 Å². The first-order chi connectivity index (χ1) is 10.7. The van der Waals surface area contributed by atoms with Crippen LogP contribution in [0.5, 0.6) is 0 Å². The molecule has 8 nitrogen and oxygen atoms in total. The van der Waals surface area contributed by atoms with E-state index >= 15 is 0 Å². The van der Waals surface area contributed by atoms with E-state index in [2.05, 4.69) is 10.6 Å². The van der Waals surface area contributed by atoms with E-state index in [0.717, 1.165) is 17.7 Å². The molecule has 0 atom stereocenters. The van der Waals surface area contributed by atoms with E-state index in [-0.39, 0.29) is 25.4 Å². The molecule has 3 N–H and O–H groups in total. The molecule has 1 aliphatic carbocycles. The van der Waals surface area contributed by atoms with Gasteiger partial charge >= 0.3 is 12.0 Å². The molecule has 0 aromatic heterocycles. The number of hydrogen-bond acceptors (Lipinski definition) is 4. The molecule has 0 bridgehead atoms. The molecule has 1 heterocycles. The Bertz CT molecular complexity index is 537. The Kier molecular flexibility index (Phi) is 4.63. The lowest BCUT2D eigenvalue weighted by atomic mass is 9.90. The zero-order chi connectivity index (χ0) is 17.3. The van der Waals surface area contributed by atoms with E-state index < -0.39 is 28.9 Å². The van der Waals surface area contributed by atoms with E-state index in [4.69, 9.17) is 5.11 Å². The quantitative estimate of drug-likeness (QED) is 0.614. The molecule has 128 valence electrons. The van der Waals surface area contributed by atoms with Crippen molar-refractivity contribution in [3.8, 4) is 0 Å². The van der Waals surface area contributed by atoms with Crippen LogP contribution >= 0.6 is 0 Å². The number of carbonyl (C=O) groups is 4. The average molecular weight is 325 g/mol. The van der Waals surface area contributed by atoms with Crippen LogP contribution in [0, 0.1) is 5.41 Å². The Hall–Kier alpha value is -2.12. The van der Waals surface area contributed by atoms with Crippen molar-refractivity contribution >= 4 is 23.8 Å². The summed E-state index contributed by atoms with van der Waals surface area (Å²) in [7, 11) is 0. The maximum absolute atomic E-state index is 12.4. The summed E-state index contributed by atoms with van der Waals surface area (Å²) >= 11 is 0. The highest BCUT2D eigenvalue weighted by atomic mass is 16.4. The summed E-state index contributed by atoms with van der Waals surface area (Å²) in [5.41, 5.74) is -1.76. The normalized spacial score (nSPS) is 20.0. The van der Waals surface area contributed by atoms with Crippen molar-refractivity contribution in [3.63, 3.8) is 0 Å². The zero-order valence-corrected chi connectivity index (χ0v) is 13.5. The molecular formula is C15H23N3O5. The number of urea groups is 1. The number of nitrogens with one attached hydrogen (secondary N) is 2. The number of aliphatic carboxylic acids is 1. The van der Waals surface area contributed by atoms with Gasteiger partial charge in [0, 0.05) is 6.54 Å². The van der Waals surface area contributed by atoms with E-state index in [0.29, 0.717) is 12.8 Å². The van der Waals surface area contributed by atoms with E-state index in [1.165, 1.54) is 0 Å². The van der Waals surface area contributed by atoms with Crippen LogP contribution in [0.25, 0.3) is 0 Å². The maximum atomic E-state index is 12.4. The lowest BCUT2D eigenvalue weighted by Gasteiger charge is -2.20. The summed E-state index contributed by atoms with van der Waals surface area (Å²) in [5, 5.41) is 14.3. The number of hydrogen-bond donors (Lipinski definition) is 3. The zero-order valence-electron chi connectivity index (χ0n) is 13.5. The minimum absolute atomic E-state index is 0.174. The van der Waals surface area contributed by atoms with Crippen molar-refractivity contribution in [1.29, 1.82) is 0 Å². The molecule has 0 aromatic carbocycles. The highest BCUT2D eigenvalue weighted by Crippen LogP contribution is 2.34. The molecule has 1 spiro atoms. The van der Waals surface area contributed by atoms with Crippen molar-refractivity contribution in [3.05, 3.63) is 0 Å². The number of carboxylic acid groups (broad SMARTS) is 1. The molecule has 2 aliphatic rings. The Labute approximate surface area is 134 Å².